The lowest BCUT2D eigenvalue weighted by Crippen LogP contribution is -2.41. The van der Waals surface area contributed by atoms with Gasteiger partial charge in [-0.25, -0.2) is 14.6 Å². The quantitative estimate of drug-likeness (QED) is 0.503. The topological polar surface area (TPSA) is 118 Å². The normalized spacial score (nSPS) is 11.5. The molecule has 1 unspecified atom stereocenters. The maximum Gasteiger partial charge on any atom is 0.408 e. The Balaban J connectivity index is 1.66. The van der Waals surface area contributed by atoms with Gasteiger partial charge in [-0.1, -0.05) is 30.3 Å². The lowest BCUT2D eigenvalue weighted by Gasteiger charge is -2.14. The number of thiazole rings is 1. The first-order chi connectivity index (χ1) is 13.4. The number of hydrogen-bond donors (Lipinski definition) is 3. The number of amides is 2. The van der Waals surface area contributed by atoms with Crippen LogP contribution in [0.3, 0.4) is 0 Å². The van der Waals surface area contributed by atoms with Gasteiger partial charge in [-0.3, -0.25) is 4.79 Å². The fraction of sp³-hybridized carbons (Fsp3) is 0.333. The molecule has 0 fully saturated rings. The van der Waals surface area contributed by atoms with Crippen molar-refractivity contribution in [1.82, 2.24) is 10.3 Å². The van der Waals surface area contributed by atoms with Crippen molar-refractivity contribution in [2.24, 2.45) is 0 Å². The van der Waals surface area contributed by atoms with Crippen molar-refractivity contribution < 1.29 is 24.2 Å². The van der Waals surface area contributed by atoms with Gasteiger partial charge < -0.3 is 20.5 Å². The summed E-state index contributed by atoms with van der Waals surface area (Å²) in [5, 5.41) is 16.6. The minimum Gasteiger partial charge on any atom is -0.480 e. The third kappa shape index (κ3) is 7.97. The molecule has 0 aliphatic heterocycles. The molecular formula is C18H21N3O5S2. The molecule has 0 aliphatic rings. The van der Waals surface area contributed by atoms with Gasteiger partial charge in [-0.05, 0) is 24.7 Å². The van der Waals surface area contributed by atoms with Gasteiger partial charge in [0.25, 0.3) is 0 Å². The zero-order chi connectivity index (χ0) is 20.4. The van der Waals surface area contributed by atoms with Gasteiger partial charge in [-0.2, -0.15) is 11.8 Å². The van der Waals surface area contributed by atoms with Crippen LogP contribution in [0.15, 0.2) is 35.7 Å². The maximum absolute atomic E-state index is 11.8. The number of anilines is 1. The summed E-state index contributed by atoms with van der Waals surface area (Å²) in [5.41, 5.74) is 1.64. The van der Waals surface area contributed by atoms with Crippen molar-refractivity contribution in [2.75, 3.05) is 16.8 Å². The number of alkyl carbamates (subject to hydrolysis) is 1. The minimum atomic E-state index is -1.15. The highest BCUT2D eigenvalue weighted by Gasteiger charge is 2.20. The number of thioether (sulfide) groups is 1. The molecular weight excluding hydrogens is 402 g/mol. The molecule has 1 atom stereocenters. The van der Waals surface area contributed by atoms with Crippen molar-refractivity contribution in [2.45, 2.75) is 26.0 Å². The van der Waals surface area contributed by atoms with Crippen LogP contribution < -0.4 is 10.6 Å². The predicted molar refractivity (Wildman–Crippen MR) is 109 cm³/mol. The number of benzene rings is 1. The Morgan fingerprint density at radius 3 is 2.68 bits per heavy atom. The van der Waals surface area contributed by atoms with E-state index in [4.69, 9.17) is 4.74 Å². The fourth-order valence-corrected chi connectivity index (χ4v) is 3.61. The van der Waals surface area contributed by atoms with E-state index in [-0.39, 0.29) is 24.7 Å². The van der Waals surface area contributed by atoms with Crippen LogP contribution in [0.25, 0.3) is 0 Å². The number of rotatable bonds is 10. The van der Waals surface area contributed by atoms with E-state index < -0.39 is 18.1 Å². The van der Waals surface area contributed by atoms with Gasteiger partial charge in [0, 0.05) is 5.38 Å². The van der Waals surface area contributed by atoms with Crippen LogP contribution in [-0.4, -0.2) is 45.6 Å². The van der Waals surface area contributed by atoms with Gasteiger partial charge >= 0.3 is 12.1 Å². The van der Waals surface area contributed by atoms with Crippen molar-refractivity contribution in [1.29, 1.82) is 0 Å². The van der Waals surface area contributed by atoms with E-state index in [0.717, 1.165) is 11.3 Å². The summed E-state index contributed by atoms with van der Waals surface area (Å²) in [6.07, 6.45) is -0.623. The number of hydrogen-bond acceptors (Lipinski definition) is 7. The summed E-state index contributed by atoms with van der Waals surface area (Å²) in [6.45, 7) is 1.90. The zero-order valence-corrected chi connectivity index (χ0v) is 16.8. The standard InChI is InChI=1S/C18H21N3O5S2/c1-12-10-28-17(19-12)21-15(22)11-27-8-7-14(16(23)24)20-18(25)26-9-13-5-3-2-4-6-13/h2-6,10,14H,7-9,11H2,1H3,(H,20,25)(H,23,24)(H,19,21,22). The Bertz CT molecular complexity index is 798. The molecule has 2 rings (SSSR count). The number of aryl methyl sites for hydroxylation is 1. The Hall–Kier alpha value is -2.59. The molecule has 10 heteroatoms. The minimum absolute atomic E-state index is 0.0597. The second kappa shape index (κ2) is 11.3. The van der Waals surface area contributed by atoms with E-state index in [2.05, 4.69) is 15.6 Å². The molecule has 3 N–H and O–H groups in total. The summed E-state index contributed by atoms with van der Waals surface area (Å²) in [5.74, 6) is -0.801. The highest BCUT2D eigenvalue weighted by molar-refractivity contribution is 7.99. The summed E-state index contributed by atoms with van der Waals surface area (Å²) in [7, 11) is 0. The van der Waals surface area contributed by atoms with Gasteiger partial charge in [0.2, 0.25) is 5.91 Å². The molecule has 1 aromatic heterocycles. The van der Waals surface area contributed by atoms with Crippen LogP contribution in [0.1, 0.15) is 17.7 Å². The number of nitrogens with zero attached hydrogens (tertiary/aromatic N) is 1. The van der Waals surface area contributed by atoms with Gasteiger partial charge in [-0.15, -0.1) is 11.3 Å². The Morgan fingerprint density at radius 1 is 1.29 bits per heavy atom. The first kappa shape index (κ1) is 21.7. The van der Waals surface area contributed by atoms with Crippen LogP contribution in [0, 0.1) is 6.92 Å². The molecule has 1 heterocycles. The first-order valence-electron chi connectivity index (χ1n) is 8.44. The summed E-state index contributed by atoms with van der Waals surface area (Å²) >= 11 is 2.62. The fourth-order valence-electron chi connectivity index (χ4n) is 2.10. The molecule has 0 saturated heterocycles. The molecule has 150 valence electrons. The third-order valence-corrected chi connectivity index (χ3v) is 5.32. The Labute approximate surface area is 170 Å². The number of carbonyl (C=O) groups is 3. The highest BCUT2D eigenvalue weighted by Crippen LogP contribution is 2.15. The average molecular weight is 424 g/mol. The molecule has 1 aromatic carbocycles. The number of aliphatic carboxylic acids is 1. The van der Waals surface area contributed by atoms with E-state index in [1.165, 1.54) is 23.1 Å². The number of ether oxygens (including phenoxy) is 1. The van der Waals surface area contributed by atoms with Crippen LogP contribution in [0.4, 0.5) is 9.93 Å². The molecule has 0 radical (unpaired) electrons. The van der Waals surface area contributed by atoms with E-state index >= 15 is 0 Å². The Morgan fingerprint density at radius 2 is 2.04 bits per heavy atom. The second-order valence-corrected chi connectivity index (χ2v) is 7.74. The van der Waals surface area contributed by atoms with Crippen LogP contribution in [0.2, 0.25) is 0 Å². The van der Waals surface area contributed by atoms with Crippen molar-refractivity contribution >= 4 is 46.2 Å². The lowest BCUT2D eigenvalue weighted by atomic mass is 10.2. The smallest absolute Gasteiger partial charge is 0.408 e. The van der Waals surface area contributed by atoms with Crippen molar-refractivity contribution in [3.8, 4) is 0 Å². The second-order valence-electron chi connectivity index (χ2n) is 5.78. The largest absolute Gasteiger partial charge is 0.480 e. The predicted octanol–water partition coefficient (Wildman–Crippen LogP) is 2.89. The van der Waals surface area contributed by atoms with Crippen molar-refractivity contribution in [3.63, 3.8) is 0 Å². The molecule has 0 saturated carbocycles. The average Bonchev–Trinajstić information content (AvgIpc) is 3.07. The third-order valence-electron chi connectivity index (χ3n) is 3.45. The van der Waals surface area contributed by atoms with Gasteiger partial charge in [0.15, 0.2) is 5.13 Å². The molecule has 2 amide bonds. The summed E-state index contributed by atoms with van der Waals surface area (Å²) in [4.78, 5) is 39.1. The molecule has 0 bridgehead atoms. The number of aromatic nitrogens is 1. The molecule has 8 nitrogen and oxygen atoms in total. The number of carboxylic acid groups (broad SMARTS) is 1. The summed E-state index contributed by atoms with van der Waals surface area (Å²) in [6, 6.07) is 8.01. The highest BCUT2D eigenvalue weighted by atomic mass is 32.2. The maximum atomic E-state index is 11.8. The monoisotopic (exact) mass is 423 g/mol. The van der Waals surface area contributed by atoms with E-state index in [1.54, 1.807) is 12.1 Å². The Kier molecular flexibility index (Phi) is 8.76. The van der Waals surface area contributed by atoms with E-state index in [9.17, 15) is 19.5 Å². The van der Waals surface area contributed by atoms with E-state index in [1.807, 2.05) is 30.5 Å². The number of nitrogens with one attached hydrogen (secondary N) is 2. The van der Waals surface area contributed by atoms with Crippen LogP contribution in [0.5, 0.6) is 0 Å². The first-order valence-corrected chi connectivity index (χ1v) is 10.5. The molecule has 0 spiro atoms. The SMILES string of the molecule is Cc1csc(NC(=O)CSCCC(NC(=O)OCc2ccccc2)C(=O)O)n1. The van der Waals surface area contributed by atoms with Crippen LogP contribution >= 0.6 is 23.1 Å². The summed E-state index contributed by atoms with van der Waals surface area (Å²) < 4.78 is 5.03. The number of carbonyl (C=O) groups excluding carboxylic acids is 2. The number of carboxylic acids is 1. The molecule has 2 aromatic rings. The van der Waals surface area contributed by atoms with Gasteiger partial charge in [0.05, 0.1) is 11.4 Å². The van der Waals surface area contributed by atoms with Crippen LogP contribution in [-0.2, 0) is 20.9 Å². The lowest BCUT2D eigenvalue weighted by molar-refractivity contribution is -0.139. The zero-order valence-electron chi connectivity index (χ0n) is 15.2. The van der Waals surface area contributed by atoms with Gasteiger partial charge in [0.1, 0.15) is 12.6 Å². The van der Waals surface area contributed by atoms with E-state index in [0.29, 0.717) is 10.9 Å². The molecule has 28 heavy (non-hydrogen) atoms. The van der Waals surface area contributed by atoms with Crippen molar-refractivity contribution in [3.05, 3.63) is 47.0 Å². The molecule has 0 aliphatic carbocycles.